The predicted molar refractivity (Wildman–Crippen MR) is 94.0 cm³/mol. The van der Waals surface area contributed by atoms with Gasteiger partial charge in [0.25, 0.3) is 0 Å². The molecule has 0 atom stereocenters. The molecule has 1 aliphatic rings. The number of pyridine rings is 3. The molecule has 0 aliphatic heterocycles. The first-order valence-electron chi connectivity index (χ1n) is 8.01. The number of hydrogen-bond donors (Lipinski definition) is 0. The minimum atomic E-state index is 0.890. The highest BCUT2D eigenvalue weighted by atomic mass is 15.0. The molecular weight excluding hydrogens is 296 g/mol. The first-order valence-corrected chi connectivity index (χ1v) is 8.01. The Hall–Kier alpha value is -3.27. The topological polar surface area (TPSA) is 43.1 Å². The second-order valence-electron chi connectivity index (χ2n) is 6.21. The lowest BCUT2D eigenvalue weighted by Crippen LogP contribution is -1.95. The molecule has 4 aromatic heterocycles. The Balaban J connectivity index is 1.93. The van der Waals surface area contributed by atoms with Gasteiger partial charge in [-0.15, -0.1) is 0 Å². The fourth-order valence-electron chi connectivity index (χ4n) is 3.96. The van der Waals surface area contributed by atoms with Gasteiger partial charge in [0, 0.05) is 46.7 Å². The van der Waals surface area contributed by atoms with E-state index in [0.717, 1.165) is 39.4 Å². The molecule has 4 heteroatoms. The standard InChI is InChI=1S/C20H12N4/c1-2-4-13-12(3-1)9-17-19(13)24-18-11-22-7-5-14(18)16-10-21-8-6-15(16)20(24)23-17/h1-8,10-11H,9H2. The number of rotatable bonds is 0. The van der Waals surface area contributed by atoms with Crippen LogP contribution in [0.5, 0.6) is 0 Å². The minimum absolute atomic E-state index is 0.890. The van der Waals surface area contributed by atoms with Crippen LogP contribution in [0.25, 0.3) is 38.6 Å². The molecule has 0 unspecified atom stereocenters. The molecule has 24 heavy (non-hydrogen) atoms. The highest BCUT2D eigenvalue weighted by Gasteiger charge is 2.26. The molecule has 0 spiro atoms. The number of aromatic nitrogens is 4. The van der Waals surface area contributed by atoms with Crippen LogP contribution in [-0.2, 0) is 6.42 Å². The van der Waals surface area contributed by atoms with Crippen LogP contribution in [0.1, 0.15) is 11.3 Å². The van der Waals surface area contributed by atoms with Crippen molar-refractivity contribution in [1.29, 1.82) is 0 Å². The zero-order valence-electron chi connectivity index (χ0n) is 12.8. The van der Waals surface area contributed by atoms with E-state index in [2.05, 4.69) is 50.8 Å². The van der Waals surface area contributed by atoms with E-state index in [1.54, 1.807) is 0 Å². The van der Waals surface area contributed by atoms with Gasteiger partial charge in [-0.25, -0.2) is 4.98 Å². The van der Waals surface area contributed by atoms with Gasteiger partial charge in [0.1, 0.15) is 5.65 Å². The van der Waals surface area contributed by atoms with Gasteiger partial charge in [0.2, 0.25) is 0 Å². The van der Waals surface area contributed by atoms with E-state index in [1.807, 2.05) is 24.8 Å². The van der Waals surface area contributed by atoms with E-state index in [-0.39, 0.29) is 0 Å². The van der Waals surface area contributed by atoms with Gasteiger partial charge in [-0.05, 0) is 17.7 Å². The van der Waals surface area contributed by atoms with Crippen LogP contribution in [0.3, 0.4) is 0 Å². The van der Waals surface area contributed by atoms with Crippen molar-refractivity contribution < 1.29 is 0 Å². The molecule has 0 fully saturated rings. The molecule has 4 nitrogen and oxygen atoms in total. The molecule has 0 amide bonds. The number of fused-ring (bicyclic) bond motifs is 10. The van der Waals surface area contributed by atoms with Crippen LogP contribution in [0.15, 0.2) is 61.2 Å². The molecule has 112 valence electrons. The zero-order chi connectivity index (χ0) is 15.7. The van der Waals surface area contributed by atoms with Crippen molar-refractivity contribution in [3.8, 4) is 11.3 Å². The summed E-state index contributed by atoms with van der Waals surface area (Å²) >= 11 is 0. The van der Waals surface area contributed by atoms with Crippen LogP contribution < -0.4 is 0 Å². The first kappa shape index (κ1) is 12.2. The van der Waals surface area contributed by atoms with Gasteiger partial charge >= 0.3 is 0 Å². The second-order valence-corrected chi connectivity index (χ2v) is 6.21. The highest BCUT2D eigenvalue weighted by Crippen LogP contribution is 2.40. The number of hydrogen-bond acceptors (Lipinski definition) is 3. The van der Waals surface area contributed by atoms with Crippen LogP contribution in [-0.4, -0.2) is 19.4 Å². The summed E-state index contributed by atoms with van der Waals surface area (Å²) in [7, 11) is 0. The van der Waals surface area contributed by atoms with E-state index in [4.69, 9.17) is 4.98 Å². The molecule has 1 aromatic carbocycles. The van der Waals surface area contributed by atoms with Crippen molar-refractivity contribution in [2.24, 2.45) is 0 Å². The monoisotopic (exact) mass is 308 g/mol. The lowest BCUT2D eigenvalue weighted by Gasteiger charge is -2.10. The molecule has 6 rings (SSSR count). The van der Waals surface area contributed by atoms with Crippen molar-refractivity contribution >= 4 is 27.3 Å². The van der Waals surface area contributed by atoms with E-state index < -0.39 is 0 Å². The van der Waals surface area contributed by atoms with Gasteiger partial charge < -0.3 is 0 Å². The summed E-state index contributed by atoms with van der Waals surface area (Å²) in [5.74, 6) is 0. The largest absolute Gasteiger partial charge is 0.290 e. The molecule has 0 radical (unpaired) electrons. The Labute approximate surface area is 137 Å². The maximum atomic E-state index is 4.99. The fraction of sp³-hybridized carbons (Fsp3) is 0.0500. The molecular formula is C20H12N4. The Morgan fingerprint density at radius 2 is 1.67 bits per heavy atom. The maximum absolute atomic E-state index is 4.99. The van der Waals surface area contributed by atoms with Gasteiger partial charge in [-0.2, -0.15) is 0 Å². The maximum Gasteiger partial charge on any atom is 0.146 e. The van der Waals surface area contributed by atoms with Crippen molar-refractivity contribution in [2.75, 3.05) is 0 Å². The average molecular weight is 308 g/mol. The summed E-state index contributed by atoms with van der Waals surface area (Å²) in [6.45, 7) is 0. The Morgan fingerprint density at radius 3 is 2.62 bits per heavy atom. The molecule has 0 bridgehead atoms. The molecule has 5 aromatic rings. The van der Waals surface area contributed by atoms with E-state index in [0.29, 0.717) is 0 Å². The van der Waals surface area contributed by atoms with Gasteiger partial charge in [-0.3, -0.25) is 14.4 Å². The van der Waals surface area contributed by atoms with Crippen LogP contribution in [0, 0.1) is 0 Å². The smallest absolute Gasteiger partial charge is 0.146 e. The third-order valence-corrected chi connectivity index (χ3v) is 4.97. The van der Waals surface area contributed by atoms with Crippen LogP contribution in [0.4, 0.5) is 0 Å². The summed E-state index contributed by atoms with van der Waals surface area (Å²) in [5, 5.41) is 3.42. The quantitative estimate of drug-likeness (QED) is 0.398. The van der Waals surface area contributed by atoms with Crippen LogP contribution >= 0.6 is 0 Å². The molecule has 0 N–H and O–H groups in total. The third-order valence-electron chi connectivity index (χ3n) is 4.97. The fourth-order valence-corrected chi connectivity index (χ4v) is 3.96. The Bertz CT molecular complexity index is 1280. The zero-order valence-corrected chi connectivity index (χ0v) is 12.8. The Kier molecular flexibility index (Phi) is 2.12. The number of benzene rings is 1. The summed E-state index contributed by atoms with van der Waals surface area (Å²) in [5.41, 5.74) is 7.05. The second kappa shape index (κ2) is 4.17. The summed E-state index contributed by atoms with van der Waals surface area (Å²) < 4.78 is 2.27. The third kappa shape index (κ3) is 1.36. The molecule has 0 saturated carbocycles. The molecule has 4 heterocycles. The van der Waals surface area contributed by atoms with Crippen molar-refractivity contribution in [2.45, 2.75) is 6.42 Å². The lowest BCUT2D eigenvalue weighted by atomic mass is 10.1. The minimum Gasteiger partial charge on any atom is -0.290 e. The predicted octanol–water partition coefficient (Wildman–Crippen LogP) is 4.00. The van der Waals surface area contributed by atoms with Crippen molar-refractivity contribution in [3.05, 3.63) is 72.4 Å². The Morgan fingerprint density at radius 1 is 0.833 bits per heavy atom. The normalized spacial score (nSPS) is 12.8. The molecule has 0 saturated heterocycles. The van der Waals surface area contributed by atoms with Crippen molar-refractivity contribution in [1.82, 2.24) is 19.4 Å². The van der Waals surface area contributed by atoms with E-state index in [9.17, 15) is 0 Å². The first-order chi connectivity index (χ1) is 11.9. The highest BCUT2D eigenvalue weighted by molar-refractivity contribution is 6.12. The summed E-state index contributed by atoms with van der Waals surface area (Å²) in [4.78, 5) is 13.7. The van der Waals surface area contributed by atoms with Crippen LogP contribution in [0.2, 0.25) is 0 Å². The van der Waals surface area contributed by atoms with Gasteiger partial charge in [0.15, 0.2) is 0 Å². The van der Waals surface area contributed by atoms with Gasteiger partial charge in [-0.1, -0.05) is 24.3 Å². The molecule has 1 aliphatic carbocycles. The summed E-state index contributed by atoms with van der Waals surface area (Å²) in [6, 6.07) is 12.7. The van der Waals surface area contributed by atoms with Gasteiger partial charge in [0.05, 0.1) is 23.1 Å². The SMILES string of the molecule is c1ccc2c(c1)Cc1nc3c4ccncc4c4ccncc4n3c1-2. The lowest BCUT2D eigenvalue weighted by molar-refractivity contribution is 1.17. The number of nitrogens with zero attached hydrogens (tertiary/aromatic N) is 4. The number of imidazole rings is 1. The summed E-state index contributed by atoms with van der Waals surface area (Å²) in [6.07, 6.45) is 8.42. The van der Waals surface area contributed by atoms with E-state index >= 15 is 0 Å². The van der Waals surface area contributed by atoms with E-state index in [1.165, 1.54) is 16.8 Å². The average Bonchev–Trinajstić information content (AvgIpc) is 3.18. The van der Waals surface area contributed by atoms with Crippen molar-refractivity contribution in [3.63, 3.8) is 0 Å².